The molecule has 0 aromatic heterocycles. The lowest BCUT2D eigenvalue weighted by Crippen LogP contribution is -2.50. The number of amides is 3. The molecule has 152 valence electrons. The van der Waals surface area contributed by atoms with Gasteiger partial charge in [-0.05, 0) is 24.5 Å². The summed E-state index contributed by atoms with van der Waals surface area (Å²) in [5.74, 6) is -2.02. The first-order valence-electron chi connectivity index (χ1n) is 9.75. The van der Waals surface area contributed by atoms with Crippen molar-refractivity contribution in [3.8, 4) is 6.07 Å². The third kappa shape index (κ3) is 4.80. The molecule has 0 spiro atoms. The van der Waals surface area contributed by atoms with E-state index < -0.39 is 29.9 Å². The van der Waals surface area contributed by atoms with E-state index >= 15 is 0 Å². The molecule has 0 atom stereocenters. The fourth-order valence-electron chi connectivity index (χ4n) is 3.77. The molecule has 0 unspecified atom stereocenters. The van der Waals surface area contributed by atoms with E-state index in [9.17, 15) is 24.4 Å². The van der Waals surface area contributed by atoms with Crippen LogP contribution in [-0.4, -0.2) is 47.3 Å². The number of nitrogens with zero attached hydrogens (tertiary/aromatic N) is 2. The molecule has 1 saturated carbocycles. The summed E-state index contributed by atoms with van der Waals surface area (Å²) in [4.78, 5) is 49.7. The number of benzene rings is 1. The minimum atomic E-state index is -0.887. The Kier molecular flexibility index (Phi) is 6.27. The third-order valence-corrected chi connectivity index (χ3v) is 5.34. The molecule has 1 heterocycles. The molecule has 8 nitrogen and oxygen atoms in total. The van der Waals surface area contributed by atoms with Gasteiger partial charge in [0.2, 0.25) is 5.91 Å². The highest BCUT2D eigenvalue weighted by atomic mass is 16.5. The van der Waals surface area contributed by atoms with Crippen LogP contribution < -0.4 is 5.32 Å². The standard InChI is InChI=1S/C21H23N3O5/c22-14-21(9-4-1-5-10-21)23-17(25)13-29-19(27)8-11-24-18(26)12-15-6-2-3-7-16(15)20(24)28/h2-3,6-7H,1,4-5,8-13H2,(H,23,25). The summed E-state index contributed by atoms with van der Waals surface area (Å²) in [7, 11) is 0. The average Bonchev–Trinajstić information content (AvgIpc) is 2.72. The number of ether oxygens (including phenoxy) is 1. The van der Waals surface area contributed by atoms with E-state index in [1.165, 1.54) is 0 Å². The number of hydrogen-bond donors (Lipinski definition) is 1. The molecule has 3 rings (SSSR count). The van der Waals surface area contributed by atoms with Crippen molar-refractivity contribution in [3.05, 3.63) is 35.4 Å². The number of hydrogen-bond acceptors (Lipinski definition) is 6. The summed E-state index contributed by atoms with van der Waals surface area (Å²) in [6.45, 7) is -0.596. The first-order chi connectivity index (χ1) is 13.9. The molecule has 0 saturated heterocycles. The highest BCUT2D eigenvalue weighted by Gasteiger charge is 2.34. The van der Waals surface area contributed by atoms with Gasteiger partial charge in [0.15, 0.2) is 6.61 Å². The predicted octanol–water partition coefficient (Wildman–Crippen LogP) is 1.49. The van der Waals surface area contributed by atoms with Gasteiger partial charge in [0.25, 0.3) is 11.8 Å². The summed E-state index contributed by atoms with van der Waals surface area (Å²) in [5.41, 5.74) is 0.239. The molecule has 1 aliphatic carbocycles. The molecule has 0 bridgehead atoms. The number of esters is 1. The summed E-state index contributed by atoms with van der Waals surface area (Å²) in [5, 5.41) is 12.0. The first kappa shape index (κ1) is 20.5. The second-order valence-electron chi connectivity index (χ2n) is 7.40. The lowest BCUT2D eigenvalue weighted by molar-refractivity contribution is -0.149. The number of nitriles is 1. The maximum absolute atomic E-state index is 12.5. The van der Waals surface area contributed by atoms with Gasteiger partial charge < -0.3 is 10.1 Å². The zero-order valence-electron chi connectivity index (χ0n) is 16.1. The van der Waals surface area contributed by atoms with Gasteiger partial charge in [-0.2, -0.15) is 5.26 Å². The summed E-state index contributed by atoms with van der Waals surface area (Å²) in [6, 6.07) is 9.03. The van der Waals surface area contributed by atoms with Crippen molar-refractivity contribution in [2.75, 3.05) is 13.2 Å². The topological polar surface area (TPSA) is 117 Å². The molecule has 1 N–H and O–H groups in total. The van der Waals surface area contributed by atoms with E-state index in [1.807, 2.05) is 0 Å². The van der Waals surface area contributed by atoms with Gasteiger partial charge in [0.05, 0.1) is 18.9 Å². The van der Waals surface area contributed by atoms with Crippen LogP contribution >= 0.6 is 0 Å². The molecule has 29 heavy (non-hydrogen) atoms. The van der Waals surface area contributed by atoms with E-state index in [1.54, 1.807) is 24.3 Å². The molecular formula is C21H23N3O5. The van der Waals surface area contributed by atoms with Crippen LogP contribution in [0.5, 0.6) is 0 Å². The lowest BCUT2D eigenvalue weighted by atomic mass is 9.83. The van der Waals surface area contributed by atoms with Crippen molar-refractivity contribution in [2.24, 2.45) is 0 Å². The van der Waals surface area contributed by atoms with Crippen molar-refractivity contribution < 1.29 is 23.9 Å². The quantitative estimate of drug-likeness (QED) is 0.574. The van der Waals surface area contributed by atoms with Crippen LogP contribution in [0.2, 0.25) is 0 Å². The Balaban J connectivity index is 1.46. The Labute approximate surface area is 168 Å². The van der Waals surface area contributed by atoms with Gasteiger partial charge in [-0.3, -0.25) is 24.1 Å². The van der Waals surface area contributed by atoms with Gasteiger partial charge in [-0.25, -0.2) is 0 Å². The van der Waals surface area contributed by atoms with E-state index in [0.717, 1.165) is 24.2 Å². The van der Waals surface area contributed by atoms with Crippen LogP contribution in [0.1, 0.15) is 54.4 Å². The van der Waals surface area contributed by atoms with Crippen molar-refractivity contribution in [2.45, 2.75) is 50.5 Å². The maximum atomic E-state index is 12.5. The van der Waals surface area contributed by atoms with Gasteiger partial charge in [-0.15, -0.1) is 0 Å². The van der Waals surface area contributed by atoms with E-state index in [2.05, 4.69) is 11.4 Å². The van der Waals surface area contributed by atoms with Crippen molar-refractivity contribution in [1.82, 2.24) is 10.2 Å². The monoisotopic (exact) mass is 397 g/mol. The Morgan fingerprint density at radius 2 is 1.90 bits per heavy atom. The molecule has 1 aromatic rings. The summed E-state index contributed by atoms with van der Waals surface area (Å²) < 4.78 is 4.96. The number of nitrogens with one attached hydrogen (secondary N) is 1. The Morgan fingerprint density at radius 3 is 2.62 bits per heavy atom. The fourth-order valence-corrected chi connectivity index (χ4v) is 3.77. The average molecular weight is 397 g/mol. The van der Waals surface area contributed by atoms with Crippen molar-refractivity contribution in [3.63, 3.8) is 0 Å². The fraction of sp³-hybridized carbons (Fsp3) is 0.476. The van der Waals surface area contributed by atoms with Gasteiger partial charge in [0.1, 0.15) is 5.54 Å². The molecule has 3 amide bonds. The predicted molar refractivity (Wildman–Crippen MR) is 101 cm³/mol. The maximum Gasteiger partial charge on any atom is 0.308 e. The number of rotatable bonds is 6. The van der Waals surface area contributed by atoms with Crippen molar-refractivity contribution in [1.29, 1.82) is 5.26 Å². The molecule has 1 fully saturated rings. The number of carbonyl (C=O) groups is 4. The van der Waals surface area contributed by atoms with Crippen LogP contribution in [0.4, 0.5) is 0 Å². The number of fused-ring (bicyclic) bond motifs is 1. The number of carbonyl (C=O) groups excluding carboxylic acids is 4. The second kappa shape index (κ2) is 8.86. The molecular weight excluding hydrogens is 374 g/mol. The van der Waals surface area contributed by atoms with Crippen LogP contribution in [0, 0.1) is 11.3 Å². The van der Waals surface area contributed by atoms with E-state index in [-0.39, 0.29) is 25.3 Å². The third-order valence-electron chi connectivity index (χ3n) is 5.34. The first-order valence-corrected chi connectivity index (χ1v) is 9.75. The molecule has 8 heteroatoms. The Bertz CT molecular complexity index is 867. The van der Waals surface area contributed by atoms with Gasteiger partial charge in [-0.1, -0.05) is 37.5 Å². The van der Waals surface area contributed by atoms with Crippen LogP contribution in [0.15, 0.2) is 24.3 Å². The summed E-state index contributed by atoms with van der Waals surface area (Å²) >= 11 is 0. The van der Waals surface area contributed by atoms with Crippen LogP contribution in [-0.2, 0) is 25.5 Å². The SMILES string of the molecule is N#CC1(NC(=O)COC(=O)CCN2C(=O)Cc3ccccc3C2=O)CCCCC1. The summed E-state index contributed by atoms with van der Waals surface area (Å²) in [6.07, 6.45) is 3.86. The normalized spacial score (nSPS) is 17.8. The van der Waals surface area contributed by atoms with E-state index in [4.69, 9.17) is 4.74 Å². The molecule has 2 aliphatic rings. The van der Waals surface area contributed by atoms with E-state index in [0.29, 0.717) is 24.0 Å². The number of imide groups is 1. The Morgan fingerprint density at radius 1 is 1.17 bits per heavy atom. The largest absolute Gasteiger partial charge is 0.456 e. The zero-order chi connectivity index (χ0) is 20.9. The highest BCUT2D eigenvalue weighted by molar-refractivity contribution is 6.09. The molecule has 1 aliphatic heterocycles. The van der Waals surface area contributed by atoms with Crippen LogP contribution in [0.3, 0.4) is 0 Å². The Hall–Kier alpha value is -3.21. The van der Waals surface area contributed by atoms with Crippen LogP contribution in [0.25, 0.3) is 0 Å². The highest BCUT2D eigenvalue weighted by Crippen LogP contribution is 2.27. The van der Waals surface area contributed by atoms with Crippen molar-refractivity contribution >= 4 is 23.7 Å². The second-order valence-corrected chi connectivity index (χ2v) is 7.40. The minimum absolute atomic E-state index is 0.103. The molecule has 0 radical (unpaired) electrons. The van der Waals surface area contributed by atoms with Gasteiger partial charge in [0, 0.05) is 12.1 Å². The van der Waals surface area contributed by atoms with Gasteiger partial charge >= 0.3 is 5.97 Å². The minimum Gasteiger partial charge on any atom is -0.456 e. The lowest BCUT2D eigenvalue weighted by Gasteiger charge is -2.31. The molecule has 1 aromatic carbocycles. The smallest absolute Gasteiger partial charge is 0.308 e. The zero-order valence-corrected chi connectivity index (χ0v) is 16.1.